The number of hydrogen-bond donors (Lipinski definition) is 1. The lowest BCUT2D eigenvalue weighted by Gasteiger charge is -2.17. The number of amides is 1. The fourth-order valence-corrected chi connectivity index (χ4v) is 1.27. The van der Waals surface area contributed by atoms with Crippen molar-refractivity contribution in [2.24, 2.45) is 0 Å². The summed E-state index contributed by atoms with van der Waals surface area (Å²) in [6.07, 6.45) is 0.701. The van der Waals surface area contributed by atoms with E-state index in [1.54, 1.807) is 13.2 Å². The second-order valence-electron chi connectivity index (χ2n) is 3.11. The molecule has 16 heavy (non-hydrogen) atoms. The van der Waals surface area contributed by atoms with Crippen molar-refractivity contribution in [1.82, 2.24) is 5.32 Å². The highest BCUT2D eigenvalue weighted by Crippen LogP contribution is 2.19. The van der Waals surface area contributed by atoms with Crippen LogP contribution in [-0.4, -0.2) is 20.1 Å². The average molecular weight is 221 g/mol. The molecule has 1 N–H and O–H groups in total. The quantitative estimate of drug-likeness (QED) is 0.607. The highest BCUT2D eigenvalue weighted by atomic mass is 16.5. The number of carbonyl (C=O) groups is 1. The zero-order chi connectivity index (χ0) is 12.0. The van der Waals surface area contributed by atoms with Crippen molar-refractivity contribution < 1.29 is 14.3 Å². The second-order valence-corrected chi connectivity index (χ2v) is 3.11. The summed E-state index contributed by atoms with van der Waals surface area (Å²) in [6.45, 7) is 3.38. The van der Waals surface area contributed by atoms with E-state index in [0.29, 0.717) is 5.75 Å². The molecule has 1 unspecified atom stereocenters. The van der Waals surface area contributed by atoms with E-state index in [1.807, 2.05) is 18.2 Å². The minimum Gasteiger partial charge on any atom is -0.497 e. The summed E-state index contributed by atoms with van der Waals surface area (Å²) >= 11 is 0. The summed E-state index contributed by atoms with van der Waals surface area (Å²) in [5.74, 6) is 0.432. The van der Waals surface area contributed by atoms with E-state index in [4.69, 9.17) is 9.47 Å². The zero-order valence-electron chi connectivity index (χ0n) is 9.40. The predicted octanol–water partition coefficient (Wildman–Crippen LogP) is 1.64. The first kappa shape index (κ1) is 12.3. The van der Waals surface area contributed by atoms with Gasteiger partial charge in [-0.25, -0.2) is 0 Å². The molecule has 86 valence electrons. The molecule has 0 bridgehead atoms. The minimum atomic E-state index is -0.499. The van der Waals surface area contributed by atoms with Gasteiger partial charge in [0.05, 0.1) is 7.11 Å². The molecule has 0 radical (unpaired) electrons. The van der Waals surface area contributed by atoms with E-state index in [2.05, 4.69) is 11.9 Å². The Balaban J connectivity index is 2.85. The lowest BCUT2D eigenvalue weighted by Crippen LogP contribution is -2.27. The third-order valence-corrected chi connectivity index (χ3v) is 2.09. The van der Waals surface area contributed by atoms with Gasteiger partial charge in [0.2, 0.25) is 5.91 Å². The van der Waals surface area contributed by atoms with Crippen LogP contribution in [0.3, 0.4) is 0 Å². The van der Waals surface area contributed by atoms with Gasteiger partial charge in [0.15, 0.2) is 6.23 Å². The van der Waals surface area contributed by atoms with Gasteiger partial charge >= 0.3 is 0 Å². The summed E-state index contributed by atoms with van der Waals surface area (Å²) < 4.78 is 10.3. The van der Waals surface area contributed by atoms with Crippen LogP contribution >= 0.6 is 0 Å². The van der Waals surface area contributed by atoms with Gasteiger partial charge in [0.1, 0.15) is 5.75 Å². The molecule has 4 heteroatoms. The Morgan fingerprint density at radius 2 is 2.25 bits per heavy atom. The van der Waals surface area contributed by atoms with Crippen LogP contribution in [0.2, 0.25) is 0 Å². The molecule has 1 aromatic carbocycles. The Morgan fingerprint density at radius 3 is 2.81 bits per heavy atom. The standard InChI is InChI=1S/C12H15NO3/c1-4-11(14)13-12(16-3)9-6-5-7-10(8-9)15-2/h4-8,12H,1H2,2-3H3,(H,13,14). The molecule has 0 aliphatic carbocycles. The average Bonchev–Trinajstić information content (AvgIpc) is 2.35. The minimum absolute atomic E-state index is 0.283. The van der Waals surface area contributed by atoms with Gasteiger partial charge in [0, 0.05) is 12.7 Å². The SMILES string of the molecule is C=CC(=O)NC(OC)c1cccc(OC)c1. The topological polar surface area (TPSA) is 47.6 Å². The number of benzene rings is 1. The largest absolute Gasteiger partial charge is 0.497 e. The van der Waals surface area contributed by atoms with Gasteiger partial charge in [-0.15, -0.1) is 0 Å². The molecule has 0 spiro atoms. The Hall–Kier alpha value is -1.81. The van der Waals surface area contributed by atoms with Crippen LogP contribution in [0, 0.1) is 0 Å². The van der Waals surface area contributed by atoms with Crippen molar-refractivity contribution in [2.45, 2.75) is 6.23 Å². The number of rotatable bonds is 5. The third kappa shape index (κ3) is 3.10. The van der Waals surface area contributed by atoms with Gasteiger partial charge in [-0.2, -0.15) is 0 Å². The van der Waals surface area contributed by atoms with Crippen molar-refractivity contribution in [2.75, 3.05) is 14.2 Å². The molecule has 0 saturated heterocycles. The van der Waals surface area contributed by atoms with Crippen LogP contribution in [0.25, 0.3) is 0 Å². The van der Waals surface area contributed by atoms with Crippen molar-refractivity contribution >= 4 is 5.91 Å². The Morgan fingerprint density at radius 1 is 1.50 bits per heavy atom. The molecular formula is C12H15NO3. The van der Waals surface area contributed by atoms with Gasteiger partial charge < -0.3 is 14.8 Å². The summed E-state index contributed by atoms with van der Waals surface area (Å²) in [5.41, 5.74) is 0.817. The van der Waals surface area contributed by atoms with Gasteiger partial charge in [0.25, 0.3) is 0 Å². The number of nitrogens with one attached hydrogen (secondary N) is 1. The fraction of sp³-hybridized carbons (Fsp3) is 0.250. The van der Waals surface area contributed by atoms with Gasteiger partial charge in [-0.3, -0.25) is 4.79 Å². The number of hydrogen-bond acceptors (Lipinski definition) is 3. The maximum Gasteiger partial charge on any atom is 0.245 e. The van der Waals surface area contributed by atoms with Gasteiger partial charge in [-0.05, 0) is 18.2 Å². The van der Waals surface area contributed by atoms with Crippen molar-refractivity contribution in [3.63, 3.8) is 0 Å². The van der Waals surface area contributed by atoms with Crippen LogP contribution in [0.5, 0.6) is 5.75 Å². The second kappa shape index (κ2) is 5.92. The summed E-state index contributed by atoms with van der Waals surface area (Å²) in [5, 5.41) is 2.65. The van der Waals surface area contributed by atoms with Crippen molar-refractivity contribution in [3.8, 4) is 5.75 Å². The molecule has 0 aromatic heterocycles. The number of carbonyl (C=O) groups excluding carboxylic acids is 1. The lowest BCUT2D eigenvalue weighted by atomic mass is 10.2. The maximum absolute atomic E-state index is 11.2. The highest BCUT2D eigenvalue weighted by Gasteiger charge is 2.12. The summed E-state index contributed by atoms with van der Waals surface area (Å²) in [6, 6.07) is 7.31. The van der Waals surface area contributed by atoms with E-state index < -0.39 is 6.23 Å². The molecule has 1 amide bonds. The van der Waals surface area contributed by atoms with Crippen LogP contribution in [0.1, 0.15) is 11.8 Å². The number of methoxy groups -OCH3 is 2. The predicted molar refractivity (Wildman–Crippen MR) is 61.1 cm³/mol. The first-order valence-electron chi connectivity index (χ1n) is 4.81. The van der Waals surface area contributed by atoms with Crippen molar-refractivity contribution in [1.29, 1.82) is 0 Å². The molecule has 1 rings (SSSR count). The Kier molecular flexibility index (Phi) is 4.54. The monoisotopic (exact) mass is 221 g/mol. The molecule has 0 fully saturated rings. The zero-order valence-corrected chi connectivity index (χ0v) is 9.40. The fourth-order valence-electron chi connectivity index (χ4n) is 1.27. The van der Waals surface area contributed by atoms with E-state index in [9.17, 15) is 4.79 Å². The Bertz CT molecular complexity index is 376. The van der Waals surface area contributed by atoms with Crippen LogP contribution in [0.15, 0.2) is 36.9 Å². The van der Waals surface area contributed by atoms with Crippen LogP contribution in [0.4, 0.5) is 0 Å². The molecule has 1 atom stereocenters. The Labute approximate surface area is 94.9 Å². The van der Waals surface area contributed by atoms with E-state index >= 15 is 0 Å². The molecule has 4 nitrogen and oxygen atoms in total. The molecule has 0 heterocycles. The van der Waals surface area contributed by atoms with Crippen LogP contribution in [-0.2, 0) is 9.53 Å². The first-order valence-corrected chi connectivity index (χ1v) is 4.81. The van der Waals surface area contributed by atoms with Crippen LogP contribution < -0.4 is 10.1 Å². The summed E-state index contributed by atoms with van der Waals surface area (Å²) in [4.78, 5) is 11.2. The van der Waals surface area contributed by atoms with Gasteiger partial charge in [-0.1, -0.05) is 18.7 Å². The first-order chi connectivity index (χ1) is 7.71. The highest BCUT2D eigenvalue weighted by molar-refractivity contribution is 5.87. The molecule has 0 saturated carbocycles. The smallest absolute Gasteiger partial charge is 0.245 e. The third-order valence-electron chi connectivity index (χ3n) is 2.09. The molecule has 1 aromatic rings. The number of ether oxygens (including phenoxy) is 2. The lowest BCUT2D eigenvalue weighted by molar-refractivity contribution is -0.120. The molecule has 0 aliphatic heterocycles. The molecular weight excluding hydrogens is 206 g/mol. The molecule has 0 aliphatic rings. The normalized spacial score (nSPS) is 11.6. The van der Waals surface area contributed by atoms with E-state index in [-0.39, 0.29) is 5.91 Å². The van der Waals surface area contributed by atoms with Crippen molar-refractivity contribution in [3.05, 3.63) is 42.5 Å². The van der Waals surface area contributed by atoms with E-state index in [0.717, 1.165) is 5.56 Å². The summed E-state index contributed by atoms with van der Waals surface area (Å²) in [7, 11) is 3.11. The maximum atomic E-state index is 11.2. The van der Waals surface area contributed by atoms with E-state index in [1.165, 1.54) is 13.2 Å².